The molecule has 0 aromatic heterocycles. The molecular formula is C10H18N2O3. The molecule has 1 fully saturated rings. The zero-order valence-corrected chi connectivity index (χ0v) is 9.41. The van der Waals surface area contributed by atoms with Crippen LogP contribution in [0, 0.1) is 0 Å². The maximum absolute atomic E-state index is 11.6. The number of carboxylic acid groups (broad SMARTS) is 1. The van der Waals surface area contributed by atoms with Crippen molar-refractivity contribution in [1.82, 2.24) is 10.2 Å². The van der Waals surface area contributed by atoms with Gasteiger partial charge in [0.1, 0.15) is 6.04 Å². The number of amides is 2. The number of hydrogen-bond donors (Lipinski definition) is 2. The fourth-order valence-corrected chi connectivity index (χ4v) is 1.89. The molecule has 0 aromatic carbocycles. The zero-order chi connectivity index (χ0) is 11.6. The lowest BCUT2D eigenvalue weighted by Gasteiger charge is -2.40. The van der Waals surface area contributed by atoms with E-state index in [1.165, 1.54) is 4.90 Å². The average Bonchev–Trinajstić information content (AvgIpc) is 2.05. The lowest BCUT2D eigenvalue weighted by molar-refractivity contribution is -0.129. The third-order valence-corrected chi connectivity index (χ3v) is 2.50. The molecule has 1 rings (SSSR count). The third-order valence-electron chi connectivity index (χ3n) is 2.50. The Morgan fingerprint density at radius 1 is 1.53 bits per heavy atom. The lowest BCUT2D eigenvalue weighted by atomic mass is 9.98. The Balaban J connectivity index is 2.88. The van der Waals surface area contributed by atoms with Crippen molar-refractivity contribution in [3.05, 3.63) is 0 Å². The van der Waals surface area contributed by atoms with Gasteiger partial charge in [-0.3, -0.25) is 9.69 Å². The Bertz CT molecular complexity index is 270. The van der Waals surface area contributed by atoms with Crippen LogP contribution >= 0.6 is 0 Å². The van der Waals surface area contributed by atoms with Crippen LogP contribution in [0.25, 0.3) is 0 Å². The molecule has 1 saturated heterocycles. The first-order valence-electron chi connectivity index (χ1n) is 5.14. The molecule has 15 heavy (non-hydrogen) atoms. The van der Waals surface area contributed by atoms with E-state index < -0.39 is 17.7 Å². The minimum absolute atomic E-state index is 0.182. The summed E-state index contributed by atoms with van der Waals surface area (Å²) in [5, 5.41) is 11.8. The molecule has 0 spiro atoms. The van der Waals surface area contributed by atoms with Crippen molar-refractivity contribution < 1.29 is 14.7 Å². The van der Waals surface area contributed by atoms with Crippen LogP contribution in [-0.4, -0.2) is 40.1 Å². The van der Waals surface area contributed by atoms with E-state index >= 15 is 0 Å². The highest BCUT2D eigenvalue weighted by Gasteiger charge is 2.38. The van der Waals surface area contributed by atoms with E-state index in [1.54, 1.807) is 20.8 Å². The topological polar surface area (TPSA) is 69.6 Å². The molecule has 2 amide bonds. The second kappa shape index (κ2) is 4.08. The van der Waals surface area contributed by atoms with Gasteiger partial charge in [-0.1, -0.05) is 0 Å². The van der Waals surface area contributed by atoms with E-state index in [2.05, 4.69) is 5.32 Å². The smallest absolute Gasteiger partial charge is 0.408 e. The monoisotopic (exact) mass is 214 g/mol. The van der Waals surface area contributed by atoms with Gasteiger partial charge in [-0.2, -0.15) is 0 Å². The number of rotatable bonds is 1. The Morgan fingerprint density at radius 2 is 2.13 bits per heavy atom. The summed E-state index contributed by atoms with van der Waals surface area (Å²) in [7, 11) is 0. The molecule has 1 atom stereocenters. The van der Waals surface area contributed by atoms with Crippen LogP contribution in [0.2, 0.25) is 0 Å². The number of carbonyl (C=O) groups excluding carboxylic acids is 1. The quantitative estimate of drug-likeness (QED) is 0.685. The minimum Gasteiger partial charge on any atom is -0.465 e. The van der Waals surface area contributed by atoms with Crippen molar-refractivity contribution in [2.75, 3.05) is 6.54 Å². The molecule has 5 nitrogen and oxygen atoms in total. The summed E-state index contributed by atoms with van der Waals surface area (Å²) in [5.41, 5.74) is -0.550. The van der Waals surface area contributed by atoms with E-state index in [4.69, 9.17) is 5.11 Å². The summed E-state index contributed by atoms with van der Waals surface area (Å²) in [6, 6.07) is -0.545. The molecular weight excluding hydrogens is 196 g/mol. The van der Waals surface area contributed by atoms with Crippen LogP contribution in [0.3, 0.4) is 0 Å². The first-order valence-corrected chi connectivity index (χ1v) is 5.14. The standard InChI is InChI=1S/C10H18N2O3/c1-10(2,3)12(9(14)15)7-5-4-6-11-8(7)13/h7H,4-6H2,1-3H3,(H,11,13)(H,14,15). The van der Waals surface area contributed by atoms with Crippen LogP contribution < -0.4 is 5.32 Å². The van der Waals surface area contributed by atoms with E-state index in [1.807, 2.05) is 0 Å². The Hall–Kier alpha value is -1.26. The largest absolute Gasteiger partial charge is 0.465 e. The highest BCUT2D eigenvalue weighted by molar-refractivity contribution is 5.86. The van der Waals surface area contributed by atoms with E-state index in [0.29, 0.717) is 13.0 Å². The van der Waals surface area contributed by atoms with Crippen LogP contribution in [0.4, 0.5) is 4.79 Å². The highest BCUT2D eigenvalue weighted by Crippen LogP contribution is 2.21. The lowest BCUT2D eigenvalue weighted by Crippen LogP contribution is -2.58. The van der Waals surface area contributed by atoms with Crippen molar-refractivity contribution in [2.24, 2.45) is 0 Å². The predicted molar refractivity (Wildman–Crippen MR) is 55.6 cm³/mol. The molecule has 86 valence electrons. The van der Waals surface area contributed by atoms with Crippen LogP contribution in [0.1, 0.15) is 33.6 Å². The molecule has 2 N–H and O–H groups in total. The molecule has 0 radical (unpaired) electrons. The molecule has 0 aromatic rings. The SMILES string of the molecule is CC(C)(C)N(C(=O)O)C1CCCNC1=O. The number of hydrogen-bond acceptors (Lipinski definition) is 2. The summed E-state index contributed by atoms with van der Waals surface area (Å²) in [5.74, 6) is -0.182. The van der Waals surface area contributed by atoms with Gasteiger partial charge in [0, 0.05) is 12.1 Å². The molecule has 0 saturated carbocycles. The fourth-order valence-electron chi connectivity index (χ4n) is 1.89. The summed E-state index contributed by atoms with van der Waals surface area (Å²) in [6.07, 6.45) is 0.399. The van der Waals surface area contributed by atoms with Gasteiger partial charge in [0.2, 0.25) is 5.91 Å². The van der Waals surface area contributed by atoms with E-state index in [9.17, 15) is 9.59 Å². The number of nitrogens with zero attached hydrogens (tertiary/aromatic N) is 1. The Kier molecular flexibility index (Phi) is 3.21. The molecule has 1 aliphatic heterocycles. The van der Waals surface area contributed by atoms with Gasteiger partial charge in [0.05, 0.1) is 0 Å². The molecule has 0 bridgehead atoms. The molecule has 1 heterocycles. The van der Waals surface area contributed by atoms with Gasteiger partial charge in [-0.25, -0.2) is 4.79 Å². The summed E-state index contributed by atoms with van der Waals surface area (Å²) in [6.45, 7) is 6.03. The van der Waals surface area contributed by atoms with E-state index in [-0.39, 0.29) is 5.91 Å². The van der Waals surface area contributed by atoms with Crippen molar-refractivity contribution >= 4 is 12.0 Å². The van der Waals surface area contributed by atoms with Crippen molar-refractivity contribution in [3.63, 3.8) is 0 Å². The van der Waals surface area contributed by atoms with Gasteiger partial charge in [0.15, 0.2) is 0 Å². The Morgan fingerprint density at radius 3 is 2.53 bits per heavy atom. The minimum atomic E-state index is -1.04. The first kappa shape index (κ1) is 11.8. The zero-order valence-electron chi connectivity index (χ0n) is 9.41. The average molecular weight is 214 g/mol. The molecule has 0 aliphatic carbocycles. The van der Waals surface area contributed by atoms with Crippen molar-refractivity contribution in [3.8, 4) is 0 Å². The summed E-state index contributed by atoms with van der Waals surface area (Å²) < 4.78 is 0. The summed E-state index contributed by atoms with van der Waals surface area (Å²) in [4.78, 5) is 23.9. The highest BCUT2D eigenvalue weighted by atomic mass is 16.4. The van der Waals surface area contributed by atoms with Crippen molar-refractivity contribution in [1.29, 1.82) is 0 Å². The first-order chi connectivity index (χ1) is 6.84. The van der Waals surface area contributed by atoms with Gasteiger partial charge in [0.25, 0.3) is 0 Å². The molecule has 1 aliphatic rings. The Labute approximate surface area is 89.4 Å². The van der Waals surface area contributed by atoms with Crippen LogP contribution in [0.5, 0.6) is 0 Å². The maximum Gasteiger partial charge on any atom is 0.408 e. The molecule has 1 unspecified atom stereocenters. The second-order valence-electron chi connectivity index (χ2n) is 4.77. The predicted octanol–water partition coefficient (Wildman–Crippen LogP) is 1.04. The van der Waals surface area contributed by atoms with Gasteiger partial charge in [-0.05, 0) is 33.6 Å². The second-order valence-corrected chi connectivity index (χ2v) is 4.77. The fraction of sp³-hybridized carbons (Fsp3) is 0.800. The molecule has 5 heteroatoms. The summed E-state index contributed by atoms with van der Waals surface area (Å²) >= 11 is 0. The maximum atomic E-state index is 11.6. The van der Waals surface area contributed by atoms with Crippen molar-refractivity contribution in [2.45, 2.75) is 45.2 Å². The number of carbonyl (C=O) groups is 2. The van der Waals surface area contributed by atoms with Gasteiger partial charge >= 0.3 is 6.09 Å². The number of piperidine rings is 1. The van der Waals surface area contributed by atoms with Crippen LogP contribution in [0.15, 0.2) is 0 Å². The normalized spacial score (nSPS) is 22.1. The van der Waals surface area contributed by atoms with E-state index in [0.717, 1.165) is 6.42 Å². The van der Waals surface area contributed by atoms with Gasteiger partial charge in [-0.15, -0.1) is 0 Å². The third kappa shape index (κ3) is 2.61. The number of nitrogens with one attached hydrogen (secondary N) is 1. The van der Waals surface area contributed by atoms with Gasteiger partial charge < -0.3 is 10.4 Å². The van der Waals surface area contributed by atoms with Crippen LogP contribution in [-0.2, 0) is 4.79 Å².